The molecule has 74 heavy (non-hydrogen) atoms. The van der Waals surface area contributed by atoms with E-state index < -0.39 is 57.7 Å². The minimum atomic E-state index is -3.79. The van der Waals surface area contributed by atoms with Crippen LogP contribution in [0.1, 0.15) is 205 Å². The first-order valence-corrected chi connectivity index (χ1v) is 28.7. The molecule has 0 saturated carbocycles. The van der Waals surface area contributed by atoms with Gasteiger partial charge in [0, 0.05) is 51.6 Å². The van der Waals surface area contributed by atoms with Gasteiger partial charge in [-0.2, -0.15) is 5.21 Å². The highest BCUT2D eigenvalue weighted by molar-refractivity contribution is 7.90. The number of carbonyl (C=O) groups excluding carboxylic acids is 6. The van der Waals surface area contributed by atoms with Crippen LogP contribution in [0.2, 0.25) is 0 Å². The molecule has 0 unspecified atom stereocenters. The third kappa shape index (κ3) is 41.3. The third-order valence-electron chi connectivity index (χ3n) is 12.0. The van der Waals surface area contributed by atoms with E-state index in [1.807, 2.05) is 0 Å². The molecule has 0 fully saturated rings. The number of carboxylic acids is 2. The molecule has 0 aliphatic rings. The zero-order valence-corrected chi connectivity index (χ0v) is 44.9. The summed E-state index contributed by atoms with van der Waals surface area (Å²) in [6, 6.07) is -2.71. The normalized spacial score (nSPS) is 12.1. The molecular formula is C50H89N9O14S. The van der Waals surface area contributed by atoms with Gasteiger partial charge in [0.15, 0.2) is 11.6 Å². The fourth-order valence-corrected chi connectivity index (χ4v) is 8.92. The Balaban J connectivity index is 2.00. The zero-order chi connectivity index (χ0) is 54.5. The van der Waals surface area contributed by atoms with Crippen LogP contribution >= 0.6 is 0 Å². The van der Waals surface area contributed by atoms with Crippen LogP contribution < -0.4 is 26.0 Å². The minimum Gasteiger partial charge on any atom is -0.480 e. The lowest BCUT2D eigenvalue weighted by atomic mass is 10.0. The predicted octanol–water partition coefficient (Wildman–Crippen LogP) is 4.88. The van der Waals surface area contributed by atoms with Crippen LogP contribution in [0.4, 0.5) is 0 Å². The number of aryl methyl sites for hydroxylation is 1. The molecule has 1 aromatic rings. The van der Waals surface area contributed by atoms with Gasteiger partial charge in [0.2, 0.25) is 39.6 Å². The summed E-state index contributed by atoms with van der Waals surface area (Å²) in [6.07, 6.45) is 22.9. The number of nitrogens with one attached hydrogen (secondary N) is 6. The zero-order valence-electron chi connectivity index (χ0n) is 44.1. The number of aliphatic carboxylic acids is 2. The Hall–Kier alpha value is -5.10. The summed E-state index contributed by atoms with van der Waals surface area (Å²) in [7, 11) is -3.79. The van der Waals surface area contributed by atoms with E-state index in [0.717, 1.165) is 89.3 Å². The van der Waals surface area contributed by atoms with Crippen molar-refractivity contribution in [2.75, 3.05) is 45.3 Å². The highest BCUT2D eigenvalue weighted by Crippen LogP contribution is 2.15. The highest BCUT2D eigenvalue weighted by Gasteiger charge is 2.24. The van der Waals surface area contributed by atoms with Crippen LogP contribution in [0.25, 0.3) is 0 Å². The quantitative estimate of drug-likeness (QED) is 0.0403. The van der Waals surface area contributed by atoms with Gasteiger partial charge in [0.25, 0.3) is 0 Å². The minimum absolute atomic E-state index is 0.00816. The molecule has 424 valence electrons. The van der Waals surface area contributed by atoms with Gasteiger partial charge in [0.1, 0.15) is 18.7 Å². The van der Waals surface area contributed by atoms with Crippen molar-refractivity contribution in [3.8, 4) is 0 Å². The van der Waals surface area contributed by atoms with Crippen molar-refractivity contribution >= 4 is 57.3 Å². The molecule has 8 N–H and O–H groups in total. The number of hydrogen-bond acceptors (Lipinski definition) is 15. The lowest BCUT2D eigenvalue weighted by Gasteiger charge is -2.17. The molecule has 1 rings (SSSR count). The van der Waals surface area contributed by atoms with Gasteiger partial charge in [-0.25, -0.2) is 18.0 Å². The van der Waals surface area contributed by atoms with Crippen LogP contribution in [0, 0.1) is 0 Å². The average molecular weight is 1070 g/mol. The van der Waals surface area contributed by atoms with Gasteiger partial charge in [-0.05, 0) is 51.9 Å². The maximum atomic E-state index is 12.5. The number of ketones is 1. The van der Waals surface area contributed by atoms with Crippen molar-refractivity contribution in [1.82, 2.24) is 46.6 Å². The van der Waals surface area contributed by atoms with E-state index in [2.05, 4.69) is 46.6 Å². The number of carbonyl (C=O) groups is 8. The number of H-pyrrole nitrogens is 1. The molecule has 0 radical (unpaired) electrons. The lowest BCUT2D eigenvalue weighted by molar-refractivity contribution is -0.143. The van der Waals surface area contributed by atoms with Gasteiger partial charge < -0.3 is 41.0 Å². The number of carboxylic acid groups (broad SMARTS) is 2. The summed E-state index contributed by atoms with van der Waals surface area (Å²) in [5.41, 5.74) is 0. The number of unbranched alkanes of at least 4 members (excludes halogenated alkanes) is 20. The topological polar surface area (TPSA) is 344 Å². The van der Waals surface area contributed by atoms with Crippen molar-refractivity contribution in [3.63, 3.8) is 0 Å². The molecule has 0 bridgehead atoms. The van der Waals surface area contributed by atoms with Crippen molar-refractivity contribution in [1.29, 1.82) is 0 Å². The summed E-state index contributed by atoms with van der Waals surface area (Å²) in [5, 5.41) is 43.2. The second kappa shape index (κ2) is 44.2. The Morgan fingerprint density at radius 2 is 0.946 bits per heavy atom. The first-order valence-electron chi connectivity index (χ1n) is 27.1. The third-order valence-corrected chi connectivity index (χ3v) is 13.4. The van der Waals surface area contributed by atoms with Crippen molar-refractivity contribution in [2.24, 2.45) is 0 Å². The SMILES string of the molecule is CC(=O)COCCOCCNC(=O)CC[C@H](NC(=O)CC[C@H](NC(=O)CCCCCCCCCCCNC(=O)CCCS(=O)(=O)NC(=O)CCCCCCCCCCCCCCCc1nn[nH]n1)C(=O)O)C(=O)O. The van der Waals surface area contributed by atoms with E-state index in [0.29, 0.717) is 19.4 Å². The summed E-state index contributed by atoms with van der Waals surface area (Å²) in [5.74, 6) is -4.66. The number of aromatic amines is 1. The predicted molar refractivity (Wildman–Crippen MR) is 276 cm³/mol. The van der Waals surface area contributed by atoms with Crippen LogP contribution in [0.3, 0.4) is 0 Å². The summed E-state index contributed by atoms with van der Waals surface area (Å²) in [6.45, 7) is 2.68. The van der Waals surface area contributed by atoms with E-state index >= 15 is 0 Å². The molecule has 23 nitrogen and oxygen atoms in total. The number of amides is 5. The van der Waals surface area contributed by atoms with E-state index in [-0.39, 0.29) is 102 Å². The Kier molecular flexibility index (Phi) is 40.0. The molecule has 0 aliphatic heterocycles. The summed E-state index contributed by atoms with van der Waals surface area (Å²) in [4.78, 5) is 95.8. The molecule has 0 saturated heterocycles. The van der Waals surface area contributed by atoms with Gasteiger partial charge in [0.05, 0.1) is 25.6 Å². The summed E-state index contributed by atoms with van der Waals surface area (Å²) < 4.78 is 37.2. The number of rotatable bonds is 51. The first kappa shape index (κ1) is 66.9. The number of aromatic nitrogens is 4. The van der Waals surface area contributed by atoms with Crippen molar-refractivity contribution < 1.29 is 66.5 Å². The monoisotopic (exact) mass is 1070 g/mol. The Morgan fingerprint density at radius 3 is 1.46 bits per heavy atom. The van der Waals surface area contributed by atoms with Crippen molar-refractivity contribution in [3.05, 3.63) is 5.82 Å². The largest absolute Gasteiger partial charge is 0.480 e. The number of tetrazole rings is 1. The first-order chi connectivity index (χ1) is 35.6. The van der Waals surface area contributed by atoms with Crippen LogP contribution in [-0.4, -0.2) is 144 Å². The molecule has 5 amide bonds. The highest BCUT2D eigenvalue weighted by atomic mass is 32.2. The molecule has 0 aromatic carbocycles. The van der Waals surface area contributed by atoms with Gasteiger partial charge >= 0.3 is 11.9 Å². The number of Topliss-reactive ketones (excluding diaryl/α,β-unsaturated/α-hetero) is 1. The van der Waals surface area contributed by atoms with Crippen LogP contribution in [-0.2, 0) is 64.3 Å². The number of hydrogen-bond donors (Lipinski definition) is 8. The average Bonchev–Trinajstić information content (AvgIpc) is 3.87. The standard InChI is InChI=1S/C50H89N9O14S/c1-40(60)39-73-37-36-72-35-34-52-45(62)31-29-41(49(66)67)54-47(64)32-30-42(50(68)69)53-46(63)26-21-17-13-10-7-11-15-19-23-33-51-44(61)28-24-38-74(70,71)57-48(65)27-22-18-14-9-6-4-2-3-5-8-12-16-20-25-43-55-58-59-56-43/h41-42H,2-39H2,1H3,(H,51,61)(H,52,62)(H,53,63)(H,54,64)(H,57,65)(H,66,67)(H,68,69)(H,55,56,58,59)/t41-,42-/m0/s1. The number of ether oxygens (including phenoxy) is 2. The molecule has 1 aromatic heterocycles. The fourth-order valence-electron chi connectivity index (χ4n) is 7.85. The van der Waals surface area contributed by atoms with Crippen molar-refractivity contribution in [2.45, 2.75) is 218 Å². The Labute approximate surface area is 438 Å². The Bertz CT molecular complexity index is 1840. The summed E-state index contributed by atoms with van der Waals surface area (Å²) >= 11 is 0. The second-order valence-corrected chi connectivity index (χ2v) is 20.7. The van der Waals surface area contributed by atoms with E-state index in [1.54, 1.807) is 0 Å². The van der Waals surface area contributed by atoms with Crippen LogP contribution in [0.5, 0.6) is 0 Å². The van der Waals surface area contributed by atoms with E-state index in [9.17, 15) is 57.0 Å². The van der Waals surface area contributed by atoms with Gasteiger partial charge in [-0.3, -0.25) is 33.5 Å². The maximum Gasteiger partial charge on any atom is 0.326 e. The number of sulfonamides is 1. The molecule has 0 aliphatic carbocycles. The number of nitrogens with zero attached hydrogens (tertiary/aromatic N) is 3. The smallest absolute Gasteiger partial charge is 0.326 e. The molecule has 24 heteroatoms. The van der Waals surface area contributed by atoms with E-state index in [4.69, 9.17) is 9.47 Å². The molecule has 0 spiro atoms. The molecule has 1 heterocycles. The fraction of sp³-hybridized carbons (Fsp3) is 0.820. The van der Waals surface area contributed by atoms with Gasteiger partial charge in [-0.1, -0.05) is 121 Å². The Morgan fingerprint density at radius 1 is 0.514 bits per heavy atom. The molecular weight excluding hydrogens is 983 g/mol. The maximum absolute atomic E-state index is 12.5. The molecule has 2 atom stereocenters. The second-order valence-electron chi connectivity index (χ2n) is 18.9. The lowest BCUT2D eigenvalue weighted by Crippen LogP contribution is -2.44. The van der Waals surface area contributed by atoms with Gasteiger partial charge in [-0.15, -0.1) is 10.2 Å². The van der Waals surface area contributed by atoms with E-state index in [1.165, 1.54) is 58.3 Å². The van der Waals surface area contributed by atoms with Crippen LogP contribution in [0.15, 0.2) is 0 Å².